The van der Waals surface area contributed by atoms with E-state index in [1.165, 1.54) is 0 Å². The van der Waals surface area contributed by atoms with Crippen molar-refractivity contribution in [1.82, 2.24) is 9.80 Å². The number of hydrogen-bond donors (Lipinski definition) is 1. The zero-order valence-electron chi connectivity index (χ0n) is 16.6. The van der Waals surface area contributed by atoms with Crippen LogP contribution in [0.2, 0.25) is 5.02 Å². The summed E-state index contributed by atoms with van der Waals surface area (Å²) in [5.74, 6) is -1.42. The first-order valence-corrected chi connectivity index (χ1v) is 10.2. The van der Waals surface area contributed by atoms with Crippen molar-refractivity contribution in [2.45, 2.75) is 19.9 Å². The third-order valence-electron chi connectivity index (χ3n) is 5.32. The lowest BCUT2D eigenvalue weighted by molar-refractivity contribution is -0.140. The highest BCUT2D eigenvalue weighted by Gasteiger charge is 2.45. The summed E-state index contributed by atoms with van der Waals surface area (Å²) >= 11 is 5.94. The molecule has 1 atom stereocenters. The van der Waals surface area contributed by atoms with Gasteiger partial charge < -0.3 is 14.9 Å². The molecule has 2 aromatic carbocycles. The number of aliphatic hydroxyl groups excluding tert-OH is 1. The molecule has 1 aliphatic rings. The van der Waals surface area contributed by atoms with Gasteiger partial charge in [-0.15, -0.1) is 0 Å². The van der Waals surface area contributed by atoms with E-state index in [1.807, 2.05) is 30.3 Å². The van der Waals surface area contributed by atoms with Crippen molar-refractivity contribution in [3.8, 4) is 0 Å². The third-order valence-corrected chi connectivity index (χ3v) is 5.58. The summed E-state index contributed by atoms with van der Waals surface area (Å²) in [7, 11) is 0. The molecule has 3 rings (SSSR count). The first-order valence-electron chi connectivity index (χ1n) is 9.79. The molecule has 0 radical (unpaired) electrons. The zero-order chi connectivity index (χ0) is 21.0. The van der Waals surface area contributed by atoms with E-state index in [1.54, 1.807) is 29.2 Å². The van der Waals surface area contributed by atoms with Gasteiger partial charge in [0.1, 0.15) is 5.76 Å². The van der Waals surface area contributed by atoms with Crippen LogP contribution in [-0.2, 0) is 9.59 Å². The Morgan fingerprint density at radius 2 is 1.66 bits per heavy atom. The number of carbonyl (C=O) groups excluding carboxylic acids is 2. The standard InChI is InChI=1S/C23H25ClN2O3/c1-3-25(4-2)14-15-26-20(16-8-6-5-7-9-16)19(22(28)23(26)29)21(27)17-10-12-18(24)13-11-17/h5-13,20,27H,3-4,14-15H2,1-2H3/t20-/m0/s1. The molecule has 0 bridgehead atoms. The van der Waals surface area contributed by atoms with Crippen LogP contribution in [0.5, 0.6) is 0 Å². The number of nitrogens with zero attached hydrogens (tertiary/aromatic N) is 2. The van der Waals surface area contributed by atoms with Gasteiger partial charge in [-0.3, -0.25) is 9.59 Å². The second kappa shape index (κ2) is 9.25. The number of benzene rings is 2. The lowest BCUT2D eigenvalue weighted by Gasteiger charge is -2.28. The minimum atomic E-state index is -0.661. The molecule has 1 heterocycles. The Labute approximate surface area is 176 Å². The maximum Gasteiger partial charge on any atom is 0.295 e. The molecular weight excluding hydrogens is 388 g/mol. The number of hydrogen-bond acceptors (Lipinski definition) is 4. The molecule has 1 fully saturated rings. The Balaban J connectivity index is 2.06. The molecule has 1 aliphatic heterocycles. The number of aliphatic hydroxyl groups is 1. The van der Waals surface area contributed by atoms with Crippen molar-refractivity contribution in [3.63, 3.8) is 0 Å². The van der Waals surface area contributed by atoms with E-state index in [4.69, 9.17) is 11.6 Å². The number of halogens is 1. The zero-order valence-corrected chi connectivity index (χ0v) is 17.4. The van der Waals surface area contributed by atoms with Crippen molar-refractivity contribution < 1.29 is 14.7 Å². The average molecular weight is 413 g/mol. The summed E-state index contributed by atoms with van der Waals surface area (Å²) in [5.41, 5.74) is 1.36. The van der Waals surface area contributed by atoms with Crippen LogP contribution in [0.3, 0.4) is 0 Å². The van der Waals surface area contributed by atoms with E-state index in [0.717, 1.165) is 18.7 Å². The third kappa shape index (κ3) is 4.36. The van der Waals surface area contributed by atoms with Gasteiger partial charge in [-0.1, -0.05) is 55.8 Å². The van der Waals surface area contributed by atoms with Gasteiger partial charge in [0, 0.05) is 23.7 Å². The maximum atomic E-state index is 12.9. The molecule has 1 N–H and O–H groups in total. The molecule has 1 amide bonds. The highest BCUT2D eigenvalue weighted by Crippen LogP contribution is 2.39. The Kier molecular flexibility index (Phi) is 6.72. The number of amides is 1. The van der Waals surface area contributed by atoms with Crippen molar-refractivity contribution in [2.24, 2.45) is 0 Å². The summed E-state index contributed by atoms with van der Waals surface area (Å²) < 4.78 is 0. The Morgan fingerprint density at radius 1 is 1.03 bits per heavy atom. The van der Waals surface area contributed by atoms with Gasteiger partial charge in [0.2, 0.25) is 0 Å². The maximum absolute atomic E-state index is 12.9. The number of likely N-dealkylation sites (tertiary alicyclic amines) is 1. The molecule has 0 saturated carbocycles. The number of likely N-dealkylation sites (N-methyl/N-ethyl adjacent to an activating group) is 1. The fraction of sp³-hybridized carbons (Fsp3) is 0.304. The van der Waals surface area contributed by atoms with Gasteiger partial charge >= 0.3 is 0 Å². The fourth-order valence-electron chi connectivity index (χ4n) is 3.64. The number of rotatable bonds is 7. The largest absolute Gasteiger partial charge is 0.507 e. The Hall–Kier alpha value is -2.63. The molecule has 5 nitrogen and oxygen atoms in total. The van der Waals surface area contributed by atoms with Crippen LogP contribution in [0.4, 0.5) is 0 Å². The molecular formula is C23H25ClN2O3. The predicted octanol–water partition coefficient (Wildman–Crippen LogP) is 4.10. The predicted molar refractivity (Wildman–Crippen MR) is 115 cm³/mol. The van der Waals surface area contributed by atoms with Gasteiger partial charge in [-0.2, -0.15) is 0 Å². The van der Waals surface area contributed by atoms with Crippen molar-refractivity contribution in [3.05, 3.63) is 76.3 Å². The molecule has 0 aromatic heterocycles. The molecule has 0 unspecified atom stereocenters. The summed E-state index contributed by atoms with van der Waals surface area (Å²) in [5, 5.41) is 11.5. The van der Waals surface area contributed by atoms with Gasteiger partial charge in [0.05, 0.1) is 11.6 Å². The molecule has 1 saturated heterocycles. The highest BCUT2D eigenvalue weighted by atomic mass is 35.5. The van der Waals surface area contributed by atoms with Gasteiger partial charge in [0.15, 0.2) is 0 Å². The monoisotopic (exact) mass is 412 g/mol. The van der Waals surface area contributed by atoms with Gasteiger partial charge in [-0.05, 0) is 42.9 Å². The molecule has 0 aliphatic carbocycles. The summed E-state index contributed by atoms with van der Waals surface area (Å²) in [6, 6.07) is 15.3. The van der Waals surface area contributed by atoms with E-state index in [-0.39, 0.29) is 11.3 Å². The lowest BCUT2D eigenvalue weighted by Crippen LogP contribution is -2.38. The van der Waals surface area contributed by atoms with E-state index < -0.39 is 17.7 Å². The van der Waals surface area contributed by atoms with Crippen molar-refractivity contribution in [2.75, 3.05) is 26.2 Å². The van der Waals surface area contributed by atoms with E-state index in [0.29, 0.717) is 23.7 Å². The minimum absolute atomic E-state index is 0.114. The minimum Gasteiger partial charge on any atom is -0.507 e. The van der Waals surface area contributed by atoms with E-state index >= 15 is 0 Å². The number of ketones is 1. The van der Waals surface area contributed by atoms with Crippen molar-refractivity contribution in [1.29, 1.82) is 0 Å². The second-order valence-corrected chi connectivity index (χ2v) is 7.37. The van der Waals surface area contributed by atoms with Crippen molar-refractivity contribution >= 4 is 29.1 Å². The molecule has 29 heavy (non-hydrogen) atoms. The molecule has 2 aromatic rings. The highest BCUT2D eigenvalue weighted by molar-refractivity contribution is 6.46. The number of carbonyl (C=O) groups is 2. The van der Waals surface area contributed by atoms with Crippen LogP contribution in [-0.4, -0.2) is 52.8 Å². The first kappa shape index (κ1) is 21.1. The Morgan fingerprint density at radius 3 is 2.24 bits per heavy atom. The summed E-state index contributed by atoms with van der Waals surface area (Å²) in [6.07, 6.45) is 0. The normalized spacial score (nSPS) is 18.6. The number of Topliss-reactive ketones (excluding diaryl/α,β-unsaturated/α-hetero) is 1. The summed E-state index contributed by atoms with van der Waals surface area (Å²) in [6.45, 7) is 6.91. The molecule has 0 spiro atoms. The van der Waals surface area contributed by atoms with Crippen LogP contribution in [0, 0.1) is 0 Å². The quantitative estimate of drug-likeness (QED) is 0.422. The fourth-order valence-corrected chi connectivity index (χ4v) is 3.77. The van der Waals surface area contributed by atoms with E-state index in [2.05, 4.69) is 18.7 Å². The molecule has 6 heteroatoms. The molecule has 152 valence electrons. The first-order chi connectivity index (χ1) is 14.0. The van der Waals surface area contributed by atoms with Gasteiger partial charge in [0.25, 0.3) is 11.7 Å². The van der Waals surface area contributed by atoms with Crippen LogP contribution < -0.4 is 0 Å². The smallest absolute Gasteiger partial charge is 0.295 e. The lowest BCUT2D eigenvalue weighted by atomic mass is 9.95. The van der Waals surface area contributed by atoms with Gasteiger partial charge in [-0.25, -0.2) is 0 Å². The Bertz CT molecular complexity index is 905. The second-order valence-electron chi connectivity index (χ2n) is 6.94. The SMILES string of the molecule is CCN(CC)CCN1C(=O)C(=O)C(=C(O)c2ccc(Cl)cc2)[C@@H]1c1ccccc1. The van der Waals surface area contributed by atoms with Crippen LogP contribution in [0.1, 0.15) is 31.0 Å². The average Bonchev–Trinajstić information content (AvgIpc) is 3.00. The van der Waals surface area contributed by atoms with Crippen LogP contribution in [0.15, 0.2) is 60.2 Å². The van der Waals surface area contributed by atoms with Crippen LogP contribution in [0.25, 0.3) is 5.76 Å². The van der Waals surface area contributed by atoms with E-state index in [9.17, 15) is 14.7 Å². The topological polar surface area (TPSA) is 60.9 Å². The summed E-state index contributed by atoms with van der Waals surface area (Å²) in [4.78, 5) is 29.5. The van der Waals surface area contributed by atoms with Crippen LogP contribution >= 0.6 is 11.6 Å².